The molecular weight excluding hydrogens is 604 g/mol. The van der Waals surface area contributed by atoms with Crippen molar-refractivity contribution in [3.05, 3.63) is 133 Å². The minimum atomic E-state index is -3.68. The first-order valence-electron chi connectivity index (χ1n) is 13.3. The van der Waals surface area contributed by atoms with Crippen LogP contribution in [0.15, 0.2) is 120 Å². The largest absolute Gasteiger partial charge is 0.462 e. The van der Waals surface area contributed by atoms with Gasteiger partial charge in [-0.3, -0.25) is 9.59 Å². The molecule has 0 bridgehead atoms. The predicted octanol–water partition coefficient (Wildman–Crippen LogP) is 5.22. The number of aromatic nitrogens is 2. The maximum Gasteiger partial charge on any atom is 0.302 e. The van der Waals surface area contributed by atoms with Gasteiger partial charge in [0, 0.05) is 19.3 Å². The van der Waals surface area contributed by atoms with Crippen molar-refractivity contribution in [2.45, 2.75) is 43.1 Å². The summed E-state index contributed by atoms with van der Waals surface area (Å²) in [4.78, 5) is 21.0. The highest BCUT2D eigenvalue weighted by Crippen LogP contribution is 2.23. The molecule has 0 aliphatic heterocycles. The lowest BCUT2D eigenvalue weighted by molar-refractivity contribution is -0.139. The van der Waals surface area contributed by atoms with Crippen LogP contribution in [0.25, 0.3) is 0 Å². The van der Waals surface area contributed by atoms with Gasteiger partial charge in [0.05, 0.1) is 27.3 Å². The molecule has 0 amide bonds. The van der Waals surface area contributed by atoms with Gasteiger partial charge in [0.1, 0.15) is 6.61 Å². The Balaban J connectivity index is 0.000000256. The van der Waals surface area contributed by atoms with E-state index in [2.05, 4.69) is 17.9 Å². The van der Waals surface area contributed by atoms with Crippen molar-refractivity contribution in [2.24, 2.45) is 0 Å². The molecule has 0 spiro atoms. The summed E-state index contributed by atoms with van der Waals surface area (Å²) in [5.74, 6) is -0.264. The second-order valence-electron chi connectivity index (χ2n) is 9.34. The van der Waals surface area contributed by atoms with E-state index in [0.29, 0.717) is 25.0 Å². The molecule has 4 rings (SSSR count). The molecule has 4 aromatic rings. The second kappa shape index (κ2) is 16.4. The average molecular weight is 641 g/mol. The summed E-state index contributed by atoms with van der Waals surface area (Å²) in [6.45, 7) is 12.4. The molecule has 2 aromatic carbocycles. The normalized spacial score (nSPS) is 11.5. The van der Waals surface area contributed by atoms with Crippen molar-refractivity contribution < 1.29 is 36.3 Å². The first-order valence-corrected chi connectivity index (χ1v) is 16.1. The maximum atomic E-state index is 12.6. The van der Waals surface area contributed by atoms with Crippen LogP contribution in [-0.2, 0) is 29.6 Å². The van der Waals surface area contributed by atoms with E-state index in [9.17, 15) is 31.5 Å². The zero-order chi connectivity index (χ0) is 32.9. The molecule has 2 aromatic heterocycles. The number of aliphatic hydroxyl groups excluding tert-OH is 1. The van der Waals surface area contributed by atoms with E-state index in [1.807, 2.05) is 13.8 Å². The van der Waals surface area contributed by atoms with Crippen LogP contribution < -0.4 is 0 Å². The van der Waals surface area contributed by atoms with Crippen LogP contribution in [0, 0.1) is 13.8 Å². The summed E-state index contributed by atoms with van der Waals surface area (Å²) in [5.41, 5.74) is 2.42. The van der Waals surface area contributed by atoms with Gasteiger partial charge in [-0.2, -0.15) is 0 Å². The van der Waals surface area contributed by atoms with Crippen molar-refractivity contribution in [3.8, 4) is 0 Å². The van der Waals surface area contributed by atoms with Crippen LogP contribution in [0.4, 0.5) is 0 Å². The zero-order valence-corrected chi connectivity index (χ0v) is 26.4. The summed E-state index contributed by atoms with van der Waals surface area (Å²) in [7, 11) is -7.35. The van der Waals surface area contributed by atoms with Crippen molar-refractivity contribution >= 4 is 32.3 Å². The maximum absolute atomic E-state index is 12.6. The lowest BCUT2D eigenvalue weighted by Gasteiger charge is -2.14. The Hall–Kier alpha value is -4.52. The molecule has 1 unspecified atom stereocenters. The third-order valence-electron chi connectivity index (χ3n) is 5.90. The minimum Gasteiger partial charge on any atom is -0.462 e. The fourth-order valence-corrected chi connectivity index (χ4v) is 6.36. The summed E-state index contributed by atoms with van der Waals surface area (Å²) in [6.07, 6.45) is 5.82. The molecule has 0 saturated carbocycles. The number of ether oxygens (including phenoxy) is 1. The SMILES string of the molecule is C=CCC(O)c1cccn1S(=O)(=O)c1ccc(C)cc1.C=CCOC(C)=O.Cc1ccc(S(=O)(=O)n2cccc2C=O)cc1. The van der Waals surface area contributed by atoms with Crippen LogP contribution in [0.2, 0.25) is 0 Å². The van der Waals surface area contributed by atoms with Crippen LogP contribution >= 0.6 is 0 Å². The van der Waals surface area contributed by atoms with Crippen LogP contribution in [-0.4, -0.2) is 48.7 Å². The van der Waals surface area contributed by atoms with Crippen LogP contribution in [0.3, 0.4) is 0 Å². The lowest BCUT2D eigenvalue weighted by atomic mass is 10.2. The fourth-order valence-electron chi connectivity index (χ4n) is 3.65. The van der Waals surface area contributed by atoms with Crippen LogP contribution in [0.5, 0.6) is 0 Å². The van der Waals surface area contributed by atoms with Gasteiger partial charge in [0.15, 0.2) is 6.29 Å². The molecule has 2 heterocycles. The van der Waals surface area contributed by atoms with Gasteiger partial charge < -0.3 is 9.84 Å². The number of carbonyl (C=O) groups is 2. The summed E-state index contributed by atoms with van der Waals surface area (Å²) in [6, 6.07) is 19.3. The van der Waals surface area contributed by atoms with Crippen molar-refractivity contribution in [1.29, 1.82) is 0 Å². The smallest absolute Gasteiger partial charge is 0.302 e. The number of hydrogen-bond donors (Lipinski definition) is 1. The number of carbonyl (C=O) groups excluding carboxylic acids is 2. The lowest BCUT2D eigenvalue weighted by Crippen LogP contribution is -2.16. The number of benzene rings is 2. The van der Waals surface area contributed by atoms with Gasteiger partial charge in [0.25, 0.3) is 20.0 Å². The molecule has 10 nitrogen and oxygen atoms in total. The topological polar surface area (TPSA) is 142 Å². The highest BCUT2D eigenvalue weighted by atomic mass is 32.2. The Morgan fingerprint density at radius 2 is 1.30 bits per heavy atom. The predicted molar refractivity (Wildman–Crippen MR) is 168 cm³/mol. The minimum absolute atomic E-state index is 0.116. The molecule has 1 atom stereocenters. The molecule has 44 heavy (non-hydrogen) atoms. The van der Waals surface area contributed by atoms with E-state index in [1.165, 1.54) is 49.7 Å². The molecule has 12 heteroatoms. The Labute approximate surface area is 258 Å². The molecule has 0 fully saturated rings. The zero-order valence-electron chi connectivity index (χ0n) is 24.7. The van der Waals surface area contributed by atoms with E-state index < -0.39 is 26.2 Å². The van der Waals surface area contributed by atoms with Crippen molar-refractivity contribution in [3.63, 3.8) is 0 Å². The molecule has 0 radical (unpaired) electrons. The van der Waals surface area contributed by atoms with Gasteiger partial charge in [-0.05, 0) is 68.8 Å². The highest BCUT2D eigenvalue weighted by Gasteiger charge is 2.22. The Kier molecular flexibility index (Phi) is 13.3. The van der Waals surface area contributed by atoms with Gasteiger partial charge in [-0.25, -0.2) is 24.8 Å². The number of aldehydes is 1. The molecule has 0 aliphatic carbocycles. The molecule has 0 saturated heterocycles. The monoisotopic (exact) mass is 640 g/mol. The average Bonchev–Trinajstić information content (AvgIpc) is 3.68. The van der Waals surface area contributed by atoms with Gasteiger partial charge in [-0.1, -0.05) is 54.1 Å². The van der Waals surface area contributed by atoms with E-state index in [4.69, 9.17) is 0 Å². The van der Waals surface area contributed by atoms with Crippen molar-refractivity contribution in [1.82, 2.24) is 7.94 Å². The standard InChI is InChI=1S/C15H17NO3S.C12H11NO3S.C5H8O2/c1-3-5-15(17)14-6-4-11-16(14)20(18,19)13-9-7-12(2)8-10-13;1-10-4-6-12(7-5-10)17(15,16)13-8-2-3-11(13)9-14;1-3-4-7-5(2)6/h3-4,6-11,15,17H,1,5H2,2H3;2-9H,1H3;3H,1,4H2,2H3. The number of esters is 1. The highest BCUT2D eigenvalue weighted by molar-refractivity contribution is 7.90. The number of nitrogens with zero attached hydrogens (tertiary/aromatic N) is 2. The van der Waals surface area contributed by atoms with Gasteiger partial charge in [0.2, 0.25) is 0 Å². The molecule has 0 aliphatic rings. The molecular formula is C32H36N2O8S2. The third kappa shape index (κ3) is 9.49. The second-order valence-corrected chi connectivity index (χ2v) is 13.0. The Morgan fingerprint density at radius 3 is 1.73 bits per heavy atom. The number of aryl methyl sites for hydroxylation is 2. The fraction of sp³-hybridized carbons (Fsp3) is 0.188. The van der Waals surface area contributed by atoms with E-state index in [1.54, 1.807) is 54.6 Å². The quantitative estimate of drug-likeness (QED) is 0.141. The van der Waals surface area contributed by atoms with Crippen LogP contribution in [0.1, 0.15) is 46.8 Å². The molecule has 1 N–H and O–H groups in total. The summed E-state index contributed by atoms with van der Waals surface area (Å²) >= 11 is 0. The Morgan fingerprint density at radius 1 is 0.818 bits per heavy atom. The number of aliphatic hydroxyl groups is 1. The van der Waals surface area contributed by atoms with Gasteiger partial charge in [-0.15, -0.1) is 6.58 Å². The van der Waals surface area contributed by atoms with E-state index in [-0.39, 0.29) is 21.5 Å². The number of hydrogen-bond acceptors (Lipinski definition) is 8. The third-order valence-corrected chi connectivity index (χ3v) is 9.33. The molecule has 234 valence electrons. The summed E-state index contributed by atoms with van der Waals surface area (Å²) in [5, 5.41) is 9.99. The van der Waals surface area contributed by atoms with Crippen molar-refractivity contribution in [2.75, 3.05) is 6.61 Å². The van der Waals surface area contributed by atoms with E-state index >= 15 is 0 Å². The first kappa shape index (κ1) is 35.7. The first-order chi connectivity index (χ1) is 20.8. The Bertz CT molecular complexity index is 1770. The summed E-state index contributed by atoms with van der Waals surface area (Å²) < 4.78 is 56.0. The van der Waals surface area contributed by atoms with E-state index in [0.717, 1.165) is 19.1 Å². The van der Waals surface area contributed by atoms with Gasteiger partial charge >= 0.3 is 5.97 Å². The number of rotatable bonds is 10.